The van der Waals surface area contributed by atoms with Crippen LogP contribution < -0.4 is 10.9 Å². The number of thiazole rings is 1. The summed E-state index contributed by atoms with van der Waals surface area (Å²) in [4.78, 5) is 28.8. The zero-order valence-electron chi connectivity index (χ0n) is 14.3. The van der Waals surface area contributed by atoms with Crippen molar-refractivity contribution in [1.29, 1.82) is 0 Å². The summed E-state index contributed by atoms with van der Waals surface area (Å²) in [6.07, 6.45) is 3.95. The summed E-state index contributed by atoms with van der Waals surface area (Å²) in [7, 11) is 0. The maximum Gasteiger partial charge on any atom is 0.267 e. The van der Waals surface area contributed by atoms with Crippen molar-refractivity contribution in [3.63, 3.8) is 0 Å². The average Bonchev–Trinajstić information content (AvgIpc) is 2.96. The maximum absolute atomic E-state index is 12.2. The van der Waals surface area contributed by atoms with Crippen LogP contribution >= 0.6 is 11.3 Å². The molecule has 1 aliphatic carbocycles. The second-order valence-corrected chi connectivity index (χ2v) is 8.01. The molecule has 128 valence electrons. The van der Waals surface area contributed by atoms with E-state index in [1.54, 1.807) is 6.07 Å². The lowest BCUT2D eigenvalue weighted by Crippen LogP contribution is -2.31. The number of amides is 1. The summed E-state index contributed by atoms with van der Waals surface area (Å²) in [5, 5.41) is 9.62. The molecular formula is C17H22N4O2S. The van der Waals surface area contributed by atoms with Gasteiger partial charge in [0.1, 0.15) is 6.54 Å². The Morgan fingerprint density at radius 2 is 2.08 bits per heavy atom. The van der Waals surface area contributed by atoms with Crippen molar-refractivity contribution in [3.05, 3.63) is 38.8 Å². The summed E-state index contributed by atoms with van der Waals surface area (Å²) in [5.41, 5.74) is 2.62. The second-order valence-electron chi connectivity index (χ2n) is 7.16. The van der Waals surface area contributed by atoms with Crippen LogP contribution in [0, 0.1) is 0 Å². The fraction of sp³-hybridized carbons (Fsp3) is 0.529. The smallest absolute Gasteiger partial charge is 0.267 e. The summed E-state index contributed by atoms with van der Waals surface area (Å²) < 4.78 is 1.25. The average molecular weight is 346 g/mol. The minimum atomic E-state index is -0.282. The van der Waals surface area contributed by atoms with Crippen molar-refractivity contribution in [1.82, 2.24) is 14.8 Å². The van der Waals surface area contributed by atoms with Gasteiger partial charge in [0.2, 0.25) is 5.91 Å². The van der Waals surface area contributed by atoms with Crippen molar-refractivity contribution in [2.24, 2.45) is 0 Å². The van der Waals surface area contributed by atoms with Crippen LogP contribution in [-0.4, -0.2) is 20.7 Å². The van der Waals surface area contributed by atoms with Gasteiger partial charge in [0, 0.05) is 16.9 Å². The number of nitrogens with one attached hydrogen (secondary N) is 1. The Balaban J connectivity index is 1.71. The van der Waals surface area contributed by atoms with Crippen LogP contribution in [-0.2, 0) is 29.6 Å². The van der Waals surface area contributed by atoms with Gasteiger partial charge in [-0.15, -0.1) is 11.3 Å². The molecule has 0 radical (unpaired) electrons. The number of aromatic nitrogens is 3. The molecule has 0 saturated carbocycles. The number of hydrogen-bond donors (Lipinski definition) is 1. The molecule has 0 fully saturated rings. The minimum Gasteiger partial charge on any atom is -0.300 e. The predicted octanol–water partition coefficient (Wildman–Crippen LogP) is 2.51. The Bertz CT molecular complexity index is 817. The van der Waals surface area contributed by atoms with Crippen LogP contribution in [0.5, 0.6) is 0 Å². The maximum atomic E-state index is 12.2. The number of aryl methyl sites for hydroxylation is 2. The third-order valence-electron chi connectivity index (χ3n) is 4.09. The first-order chi connectivity index (χ1) is 11.3. The molecule has 0 unspecified atom stereocenters. The molecule has 0 bridgehead atoms. The fourth-order valence-corrected chi connectivity index (χ4v) is 3.64. The topological polar surface area (TPSA) is 76.9 Å². The van der Waals surface area contributed by atoms with Gasteiger partial charge < -0.3 is 5.32 Å². The van der Waals surface area contributed by atoms with Crippen molar-refractivity contribution in [2.45, 2.75) is 58.4 Å². The first-order valence-corrected chi connectivity index (χ1v) is 9.07. The molecule has 0 atom stereocenters. The largest absolute Gasteiger partial charge is 0.300 e. The predicted molar refractivity (Wildman–Crippen MR) is 94.6 cm³/mol. The summed E-state index contributed by atoms with van der Waals surface area (Å²) >= 11 is 1.39. The SMILES string of the molecule is CC(C)(C)c1csc(NC(=O)Cn2nc3c(cc2=O)CCCC3)n1. The lowest BCUT2D eigenvalue weighted by atomic mass is 9.93. The number of carbonyl (C=O) groups excluding carboxylic acids is 1. The van der Waals surface area contributed by atoms with Gasteiger partial charge in [0.15, 0.2) is 5.13 Å². The van der Waals surface area contributed by atoms with Crippen LogP contribution in [0.4, 0.5) is 5.13 Å². The molecular weight excluding hydrogens is 324 g/mol. The first kappa shape index (κ1) is 16.8. The Hall–Kier alpha value is -2.02. The number of rotatable bonds is 3. The van der Waals surface area contributed by atoms with Crippen LogP contribution in [0.1, 0.15) is 50.6 Å². The zero-order chi connectivity index (χ0) is 17.3. The van der Waals surface area contributed by atoms with E-state index in [9.17, 15) is 9.59 Å². The summed E-state index contributed by atoms with van der Waals surface area (Å²) in [6.45, 7) is 6.13. The molecule has 1 N–H and O–H groups in total. The zero-order valence-corrected chi connectivity index (χ0v) is 15.1. The third kappa shape index (κ3) is 3.72. The molecule has 24 heavy (non-hydrogen) atoms. The number of anilines is 1. The van der Waals surface area contributed by atoms with E-state index in [1.165, 1.54) is 16.0 Å². The highest BCUT2D eigenvalue weighted by Crippen LogP contribution is 2.26. The molecule has 3 rings (SSSR count). The molecule has 0 aromatic carbocycles. The monoisotopic (exact) mass is 346 g/mol. The first-order valence-electron chi connectivity index (χ1n) is 8.19. The summed E-state index contributed by atoms with van der Waals surface area (Å²) in [6, 6.07) is 1.62. The lowest BCUT2D eigenvalue weighted by Gasteiger charge is -2.15. The van der Waals surface area contributed by atoms with E-state index >= 15 is 0 Å². The van der Waals surface area contributed by atoms with Crippen LogP contribution in [0.15, 0.2) is 16.2 Å². The highest BCUT2D eigenvalue weighted by molar-refractivity contribution is 7.13. The Morgan fingerprint density at radius 3 is 2.79 bits per heavy atom. The van der Waals surface area contributed by atoms with E-state index in [-0.39, 0.29) is 23.4 Å². The van der Waals surface area contributed by atoms with Gasteiger partial charge in [-0.3, -0.25) is 9.59 Å². The molecule has 1 amide bonds. The third-order valence-corrected chi connectivity index (χ3v) is 4.84. The quantitative estimate of drug-likeness (QED) is 0.926. The van der Waals surface area contributed by atoms with Crippen LogP contribution in [0.25, 0.3) is 0 Å². The highest BCUT2D eigenvalue weighted by Gasteiger charge is 2.19. The van der Waals surface area contributed by atoms with Crippen LogP contribution in [0.2, 0.25) is 0 Å². The van der Waals surface area contributed by atoms with Crippen molar-refractivity contribution in [2.75, 3.05) is 5.32 Å². The molecule has 0 saturated heterocycles. The van der Waals surface area contributed by atoms with Gasteiger partial charge in [-0.2, -0.15) is 5.10 Å². The Morgan fingerprint density at radius 1 is 1.33 bits per heavy atom. The molecule has 0 aliphatic heterocycles. The summed E-state index contributed by atoms with van der Waals surface area (Å²) in [5.74, 6) is -0.282. The molecule has 2 aromatic heterocycles. The second kappa shape index (κ2) is 6.47. The highest BCUT2D eigenvalue weighted by atomic mass is 32.1. The van der Waals surface area contributed by atoms with E-state index in [0.717, 1.165) is 42.6 Å². The Labute approximate surface area is 144 Å². The van der Waals surface area contributed by atoms with Gasteiger partial charge in [-0.05, 0) is 31.2 Å². The number of nitrogens with zero attached hydrogens (tertiary/aromatic N) is 3. The molecule has 0 spiro atoms. The number of carbonyl (C=O) groups is 1. The van der Waals surface area contributed by atoms with Gasteiger partial charge >= 0.3 is 0 Å². The van der Waals surface area contributed by atoms with Gasteiger partial charge in [0.05, 0.1) is 11.4 Å². The standard InChI is InChI=1S/C17H22N4O2S/c1-17(2,3)13-10-24-16(18-13)19-14(22)9-21-15(23)8-11-6-4-5-7-12(11)20-21/h8,10H,4-7,9H2,1-3H3,(H,18,19,22). The molecule has 7 heteroatoms. The van der Waals surface area contributed by atoms with Crippen molar-refractivity contribution < 1.29 is 4.79 Å². The number of hydrogen-bond acceptors (Lipinski definition) is 5. The van der Waals surface area contributed by atoms with E-state index in [2.05, 4.69) is 36.2 Å². The van der Waals surface area contributed by atoms with Gasteiger partial charge in [-0.1, -0.05) is 20.8 Å². The van der Waals surface area contributed by atoms with Gasteiger partial charge in [-0.25, -0.2) is 9.67 Å². The van der Waals surface area contributed by atoms with Gasteiger partial charge in [0.25, 0.3) is 5.56 Å². The fourth-order valence-electron chi connectivity index (χ4n) is 2.68. The number of fused-ring (bicyclic) bond motifs is 1. The van der Waals surface area contributed by atoms with E-state index in [1.807, 2.05) is 5.38 Å². The normalized spacial score (nSPS) is 14.3. The molecule has 2 aromatic rings. The van der Waals surface area contributed by atoms with E-state index in [0.29, 0.717) is 5.13 Å². The molecule has 6 nitrogen and oxygen atoms in total. The Kier molecular flexibility index (Phi) is 4.54. The van der Waals surface area contributed by atoms with Crippen LogP contribution in [0.3, 0.4) is 0 Å². The van der Waals surface area contributed by atoms with Crippen molar-refractivity contribution >= 4 is 22.4 Å². The molecule has 1 aliphatic rings. The van der Waals surface area contributed by atoms with E-state index in [4.69, 9.17) is 0 Å². The van der Waals surface area contributed by atoms with Crippen molar-refractivity contribution in [3.8, 4) is 0 Å². The molecule has 2 heterocycles. The van der Waals surface area contributed by atoms with E-state index < -0.39 is 0 Å². The minimum absolute atomic E-state index is 0.0591. The lowest BCUT2D eigenvalue weighted by molar-refractivity contribution is -0.117.